The minimum Gasteiger partial charge on any atom is -0.493 e. The molecule has 0 saturated carbocycles. The number of methoxy groups -OCH3 is 2. The van der Waals surface area contributed by atoms with Gasteiger partial charge in [0.1, 0.15) is 0 Å². The first-order valence-corrected chi connectivity index (χ1v) is 9.25. The van der Waals surface area contributed by atoms with Gasteiger partial charge >= 0.3 is 0 Å². The molecule has 0 bridgehead atoms. The second-order valence-corrected chi connectivity index (χ2v) is 6.88. The lowest BCUT2D eigenvalue weighted by Crippen LogP contribution is -2.45. The fraction of sp³-hybridized carbons (Fsp3) is 0.450. The third kappa shape index (κ3) is 4.17. The van der Waals surface area contributed by atoms with Crippen LogP contribution in [0, 0.1) is 13.8 Å². The van der Waals surface area contributed by atoms with Gasteiger partial charge in [0.15, 0.2) is 11.5 Å². The topological polar surface area (TPSA) is 79.8 Å². The van der Waals surface area contributed by atoms with Crippen molar-refractivity contribution in [2.75, 3.05) is 57.7 Å². The van der Waals surface area contributed by atoms with Gasteiger partial charge in [0.2, 0.25) is 5.95 Å². The molecule has 8 nitrogen and oxygen atoms in total. The van der Waals surface area contributed by atoms with Gasteiger partial charge in [0.25, 0.3) is 5.91 Å². The second kappa shape index (κ2) is 8.43. The third-order valence-corrected chi connectivity index (χ3v) is 4.93. The molecule has 1 aromatic heterocycles. The van der Waals surface area contributed by atoms with Gasteiger partial charge in [0.05, 0.1) is 31.3 Å². The van der Waals surface area contributed by atoms with E-state index in [1.807, 2.05) is 13.8 Å². The fourth-order valence-electron chi connectivity index (χ4n) is 3.19. The van der Waals surface area contributed by atoms with E-state index >= 15 is 0 Å². The molecule has 2 aromatic rings. The molecule has 8 heteroatoms. The van der Waals surface area contributed by atoms with Crippen molar-refractivity contribution in [2.24, 2.45) is 0 Å². The highest BCUT2D eigenvalue weighted by atomic mass is 16.5. The van der Waals surface area contributed by atoms with Crippen LogP contribution in [0.5, 0.6) is 11.5 Å². The smallest absolute Gasteiger partial charge is 0.255 e. The standard InChI is InChI=1S/C20H27N5O3/c1-13-18(14(2)22-20(21-13)25-10-8-24(3)9-11-25)23-19(26)15-6-7-16(27-4)17(12-15)28-5/h6-7,12H,8-11H2,1-5H3,(H,23,26). The summed E-state index contributed by atoms with van der Waals surface area (Å²) >= 11 is 0. The average Bonchev–Trinajstić information content (AvgIpc) is 2.70. The Kier molecular flexibility index (Phi) is 5.99. The number of aromatic nitrogens is 2. The van der Waals surface area contributed by atoms with Crippen LogP contribution in [-0.2, 0) is 0 Å². The van der Waals surface area contributed by atoms with Crippen molar-refractivity contribution in [1.82, 2.24) is 14.9 Å². The predicted octanol–water partition coefficient (Wildman–Crippen LogP) is 2.11. The Labute approximate surface area is 165 Å². The zero-order valence-electron chi connectivity index (χ0n) is 17.1. The SMILES string of the molecule is COc1ccc(C(=O)Nc2c(C)nc(N3CCN(C)CC3)nc2C)cc1OC. The van der Waals surface area contributed by atoms with Crippen LogP contribution in [0.25, 0.3) is 0 Å². The molecule has 1 amide bonds. The van der Waals surface area contributed by atoms with E-state index in [0.717, 1.165) is 37.6 Å². The first kappa shape index (κ1) is 19.9. The zero-order chi connectivity index (χ0) is 20.3. The summed E-state index contributed by atoms with van der Waals surface area (Å²) in [5.41, 5.74) is 2.60. The van der Waals surface area contributed by atoms with E-state index in [1.54, 1.807) is 32.4 Å². The van der Waals surface area contributed by atoms with Crippen molar-refractivity contribution in [2.45, 2.75) is 13.8 Å². The van der Waals surface area contributed by atoms with E-state index in [1.165, 1.54) is 0 Å². The Bertz CT molecular complexity index is 840. The van der Waals surface area contributed by atoms with Crippen molar-refractivity contribution >= 4 is 17.5 Å². The molecule has 0 unspecified atom stereocenters. The van der Waals surface area contributed by atoms with Crippen LogP contribution in [0.4, 0.5) is 11.6 Å². The number of piperazine rings is 1. The number of nitrogens with one attached hydrogen (secondary N) is 1. The van der Waals surface area contributed by atoms with Crippen LogP contribution in [0.15, 0.2) is 18.2 Å². The van der Waals surface area contributed by atoms with Crippen molar-refractivity contribution in [3.8, 4) is 11.5 Å². The number of amides is 1. The molecule has 28 heavy (non-hydrogen) atoms. The molecular weight excluding hydrogens is 358 g/mol. The van der Waals surface area contributed by atoms with Crippen molar-refractivity contribution in [3.63, 3.8) is 0 Å². The first-order chi connectivity index (χ1) is 13.4. The molecule has 1 fully saturated rings. The van der Waals surface area contributed by atoms with Crippen LogP contribution in [0.3, 0.4) is 0 Å². The molecule has 3 rings (SSSR count). The molecule has 1 saturated heterocycles. The summed E-state index contributed by atoms with van der Waals surface area (Å²) in [6.07, 6.45) is 0. The van der Waals surface area contributed by atoms with E-state index in [2.05, 4.69) is 32.1 Å². The molecule has 0 radical (unpaired) electrons. The van der Waals surface area contributed by atoms with Crippen LogP contribution >= 0.6 is 0 Å². The Balaban J connectivity index is 1.79. The highest BCUT2D eigenvalue weighted by Gasteiger charge is 2.20. The highest BCUT2D eigenvalue weighted by molar-refractivity contribution is 6.05. The molecule has 0 aliphatic carbocycles. The van der Waals surface area contributed by atoms with Gasteiger partial charge in [-0.15, -0.1) is 0 Å². The molecular formula is C20H27N5O3. The second-order valence-electron chi connectivity index (χ2n) is 6.88. The van der Waals surface area contributed by atoms with Gasteiger partial charge in [-0.2, -0.15) is 0 Å². The third-order valence-electron chi connectivity index (χ3n) is 4.93. The molecule has 150 valence electrons. The van der Waals surface area contributed by atoms with Crippen LogP contribution in [-0.4, -0.2) is 68.2 Å². The molecule has 1 aromatic carbocycles. The maximum Gasteiger partial charge on any atom is 0.255 e. The Morgan fingerprint density at radius 2 is 1.61 bits per heavy atom. The quantitative estimate of drug-likeness (QED) is 0.844. The van der Waals surface area contributed by atoms with Gasteiger partial charge < -0.3 is 24.6 Å². The molecule has 0 spiro atoms. The number of carbonyl (C=O) groups excluding carboxylic acids is 1. The number of anilines is 2. The van der Waals surface area contributed by atoms with Crippen molar-refractivity contribution < 1.29 is 14.3 Å². The number of rotatable bonds is 5. The van der Waals surface area contributed by atoms with E-state index in [0.29, 0.717) is 28.7 Å². The van der Waals surface area contributed by atoms with E-state index < -0.39 is 0 Å². The Morgan fingerprint density at radius 3 is 2.18 bits per heavy atom. The number of nitrogens with zero attached hydrogens (tertiary/aromatic N) is 4. The maximum absolute atomic E-state index is 12.7. The number of likely N-dealkylation sites (N-methyl/N-ethyl adjacent to an activating group) is 1. The van der Waals surface area contributed by atoms with Gasteiger partial charge in [-0.1, -0.05) is 0 Å². The van der Waals surface area contributed by atoms with Crippen LogP contribution in [0.1, 0.15) is 21.7 Å². The number of carbonyl (C=O) groups is 1. The number of hydrogen-bond donors (Lipinski definition) is 1. The number of aryl methyl sites for hydroxylation is 2. The van der Waals surface area contributed by atoms with E-state index in [9.17, 15) is 4.79 Å². The number of hydrogen-bond acceptors (Lipinski definition) is 7. The summed E-state index contributed by atoms with van der Waals surface area (Å²) in [6.45, 7) is 7.54. The summed E-state index contributed by atoms with van der Waals surface area (Å²) in [5.74, 6) is 1.55. The molecule has 0 atom stereocenters. The Morgan fingerprint density at radius 1 is 1.00 bits per heavy atom. The average molecular weight is 385 g/mol. The zero-order valence-corrected chi connectivity index (χ0v) is 17.1. The minimum absolute atomic E-state index is 0.247. The lowest BCUT2D eigenvalue weighted by atomic mass is 10.1. The fourth-order valence-corrected chi connectivity index (χ4v) is 3.19. The summed E-state index contributed by atoms with van der Waals surface area (Å²) < 4.78 is 10.5. The summed E-state index contributed by atoms with van der Waals surface area (Å²) in [6, 6.07) is 5.06. The molecule has 1 aliphatic heterocycles. The predicted molar refractivity (Wildman–Crippen MR) is 109 cm³/mol. The van der Waals surface area contributed by atoms with Crippen LogP contribution in [0.2, 0.25) is 0 Å². The van der Waals surface area contributed by atoms with E-state index in [-0.39, 0.29) is 5.91 Å². The normalized spacial score (nSPS) is 14.7. The van der Waals surface area contributed by atoms with Gasteiger partial charge in [-0.25, -0.2) is 9.97 Å². The molecule has 1 N–H and O–H groups in total. The number of ether oxygens (including phenoxy) is 2. The summed E-state index contributed by atoms with van der Waals surface area (Å²) in [5, 5.41) is 2.93. The summed E-state index contributed by atoms with van der Waals surface area (Å²) in [4.78, 5) is 26.5. The van der Waals surface area contributed by atoms with Crippen LogP contribution < -0.4 is 19.7 Å². The lowest BCUT2D eigenvalue weighted by Gasteiger charge is -2.32. The Hall–Kier alpha value is -2.87. The lowest BCUT2D eigenvalue weighted by molar-refractivity contribution is 0.102. The molecule has 2 heterocycles. The monoisotopic (exact) mass is 385 g/mol. The highest BCUT2D eigenvalue weighted by Crippen LogP contribution is 2.28. The van der Waals surface area contributed by atoms with Gasteiger partial charge in [-0.3, -0.25) is 4.79 Å². The van der Waals surface area contributed by atoms with Crippen molar-refractivity contribution in [1.29, 1.82) is 0 Å². The largest absolute Gasteiger partial charge is 0.493 e. The van der Waals surface area contributed by atoms with Gasteiger partial charge in [-0.05, 0) is 39.1 Å². The summed E-state index contributed by atoms with van der Waals surface area (Å²) in [7, 11) is 5.21. The van der Waals surface area contributed by atoms with E-state index in [4.69, 9.17) is 9.47 Å². The first-order valence-electron chi connectivity index (χ1n) is 9.25. The maximum atomic E-state index is 12.7. The minimum atomic E-state index is -0.247. The number of benzene rings is 1. The van der Waals surface area contributed by atoms with Crippen molar-refractivity contribution in [3.05, 3.63) is 35.2 Å². The van der Waals surface area contributed by atoms with Gasteiger partial charge in [0, 0.05) is 31.7 Å². The molecule has 1 aliphatic rings.